The van der Waals surface area contributed by atoms with Gasteiger partial charge in [-0.3, -0.25) is 9.59 Å². The van der Waals surface area contributed by atoms with Crippen LogP contribution in [0.25, 0.3) is 0 Å². The lowest BCUT2D eigenvalue weighted by Crippen LogP contribution is -2.51. The Morgan fingerprint density at radius 1 is 1.15 bits per heavy atom. The van der Waals surface area contributed by atoms with E-state index >= 15 is 0 Å². The van der Waals surface area contributed by atoms with Crippen LogP contribution < -0.4 is 16.4 Å². The normalized spacial score (nSPS) is 16.7. The average Bonchev–Trinajstić information content (AvgIpc) is 3.30. The Morgan fingerprint density at radius 3 is 2.53 bits per heavy atom. The van der Waals surface area contributed by atoms with Crippen molar-refractivity contribution in [3.8, 4) is 0 Å². The van der Waals surface area contributed by atoms with Crippen molar-refractivity contribution in [2.75, 3.05) is 18.4 Å². The van der Waals surface area contributed by atoms with Crippen LogP contribution in [0.15, 0.2) is 46.8 Å². The standard InChI is InChI=1S/C22H24F3N5O3S/c23-22(24,25)20(32)29-19(26)14-6-8-15(9-7-14)28-21(33)30-10-2-1-4-16(30)13-27-18(31)12-17-5-3-11-34-17/h3,5-9,11,16H,1-2,4,10,12-13H2,(H,27,31)(H,28,33)(H2,26,29,32). The summed E-state index contributed by atoms with van der Waals surface area (Å²) in [5.41, 5.74) is 5.99. The number of carbonyl (C=O) groups is 3. The second-order valence-electron chi connectivity index (χ2n) is 7.71. The highest BCUT2D eigenvalue weighted by atomic mass is 32.1. The van der Waals surface area contributed by atoms with Gasteiger partial charge in [0.25, 0.3) is 0 Å². The van der Waals surface area contributed by atoms with Gasteiger partial charge in [-0.2, -0.15) is 18.2 Å². The molecule has 1 aromatic heterocycles. The highest BCUT2D eigenvalue weighted by Gasteiger charge is 2.38. The molecule has 4 amide bonds. The van der Waals surface area contributed by atoms with Crippen LogP contribution in [0.5, 0.6) is 0 Å². The summed E-state index contributed by atoms with van der Waals surface area (Å²) in [7, 11) is 0. The van der Waals surface area contributed by atoms with Crippen molar-refractivity contribution in [1.82, 2.24) is 10.2 Å². The van der Waals surface area contributed by atoms with Crippen LogP contribution in [0.3, 0.4) is 0 Å². The molecule has 1 aliphatic heterocycles. The molecule has 4 N–H and O–H groups in total. The molecule has 8 nitrogen and oxygen atoms in total. The zero-order chi connectivity index (χ0) is 24.7. The van der Waals surface area contributed by atoms with Gasteiger partial charge < -0.3 is 21.3 Å². The van der Waals surface area contributed by atoms with E-state index in [0.717, 1.165) is 24.1 Å². The van der Waals surface area contributed by atoms with E-state index in [0.29, 0.717) is 25.2 Å². The first-order valence-corrected chi connectivity index (χ1v) is 11.4. The number of thiophene rings is 1. The number of hydrogen-bond acceptors (Lipinski definition) is 4. The molecule has 12 heteroatoms. The van der Waals surface area contributed by atoms with Crippen molar-refractivity contribution in [1.29, 1.82) is 0 Å². The predicted octanol–water partition coefficient (Wildman–Crippen LogP) is 3.29. The number of likely N-dealkylation sites (tertiary alicyclic amines) is 1. The number of rotatable bonds is 6. The number of piperidine rings is 1. The van der Waals surface area contributed by atoms with Gasteiger partial charge in [0.1, 0.15) is 5.84 Å². The number of nitrogens with one attached hydrogen (secondary N) is 2. The number of anilines is 1. The third kappa shape index (κ3) is 7.04. The fraction of sp³-hybridized carbons (Fsp3) is 0.364. The molecule has 2 heterocycles. The number of urea groups is 1. The minimum absolute atomic E-state index is 0.104. The zero-order valence-corrected chi connectivity index (χ0v) is 18.9. The topological polar surface area (TPSA) is 117 Å². The lowest BCUT2D eigenvalue weighted by molar-refractivity contribution is -0.169. The molecular weight excluding hydrogens is 471 g/mol. The van der Waals surface area contributed by atoms with Crippen LogP contribution in [0.1, 0.15) is 29.7 Å². The maximum Gasteiger partial charge on any atom is 0.473 e. The molecule has 1 unspecified atom stereocenters. The number of nitrogens with two attached hydrogens (primary N) is 1. The van der Waals surface area contributed by atoms with Gasteiger partial charge in [-0.1, -0.05) is 6.07 Å². The Kier molecular flexibility index (Phi) is 8.26. The van der Waals surface area contributed by atoms with E-state index in [-0.39, 0.29) is 23.5 Å². The third-order valence-electron chi connectivity index (χ3n) is 5.23. The third-order valence-corrected chi connectivity index (χ3v) is 6.11. The number of benzene rings is 1. The van der Waals surface area contributed by atoms with E-state index in [1.54, 1.807) is 4.90 Å². The van der Waals surface area contributed by atoms with Crippen LogP contribution in [0, 0.1) is 0 Å². The summed E-state index contributed by atoms with van der Waals surface area (Å²) in [5.74, 6) is -2.97. The second-order valence-corrected chi connectivity index (χ2v) is 8.74. The number of hydrogen-bond donors (Lipinski definition) is 3. The molecule has 0 bridgehead atoms. The van der Waals surface area contributed by atoms with Gasteiger partial charge in [-0.05, 0) is 55.0 Å². The van der Waals surface area contributed by atoms with Gasteiger partial charge in [0.15, 0.2) is 0 Å². The van der Waals surface area contributed by atoms with Crippen molar-refractivity contribution in [2.45, 2.75) is 37.9 Å². The summed E-state index contributed by atoms with van der Waals surface area (Å²) in [6.07, 6.45) is -2.27. The van der Waals surface area contributed by atoms with Gasteiger partial charge in [0, 0.05) is 29.2 Å². The molecule has 1 fully saturated rings. The smallest absolute Gasteiger partial charge is 0.383 e. The summed E-state index contributed by atoms with van der Waals surface area (Å²) >= 11 is 1.51. The molecule has 34 heavy (non-hydrogen) atoms. The minimum Gasteiger partial charge on any atom is -0.383 e. The SMILES string of the molecule is NC(=NC(=O)C(F)(F)F)c1ccc(NC(=O)N2CCCCC2CNC(=O)Cc2cccs2)cc1. The fourth-order valence-electron chi connectivity index (χ4n) is 3.50. The first-order chi connectivity index (χ1) is 16.1. The molecule has 182 valence electrons. The van der Waals surface area contributed by atoms with E-state index in [1.807, 2.05) is 17.5 Å². The Balaban J connectivity index is 1.57. The Bertz CT molecular complexity index is 1040. The summed E-state index contributed by atoms with van der Waals surface area (Å²) in [4.78, 5) is 41.5. The van der Waals surface area contributed by atoms with Crippen LogP contribution in [0.4, 0.5) is 23.7 Å². The number of amides is 4. The highest BCUT2D eigenvalue weighted by Crippen LogP contribution is 2.20. The zero-order valence-electron chi connectivity index (χ0n) is 18.1. The van der Waals surface area contributed by atoms with E-state index in [9.17, 15) is 27.6 Å². The molecule has 1 saturated heterocycles. The number of halogens is 3. The Morgan fingerprint density at radius 2 is 1.88 bits per heavy atom. The molecule has 0 aliphatic carbocycles. The van der Waals surface area contributed by atoms with Crippen LogP contribution in [-0.2, 0) is 16.0 Å². The first-order valence-electron chi connectivity index (χ1n) is 10.6. The summed E-state index contributed by atoms with van der Waals surface area (Å²) < 4.78 is 37.0. The summed E-state index contributed by atoms with van der Waals surface area (Å²) in [5, 5.41) is 7.55. The largest absolute Gasteiger partial charge is 0.473 e. The van der Waals surface area contributed by atoms with Crippen molar-refractivity contribution >= 4 is 40.7 Å². The van der Waals surface area contributed by atoms with Gasteiger partial charge in [-0.15, -0.1) is 11.3 Å². The average molecular weight is 496 g/mol. The van der Waals surface area contributed by atoms with E-state index in [1.165, 1.54) is 35.6 Å². The molecule has 0 radical (unpaired) electrons. The summed E-state index contributed by atoms with van der Waals surface area (Å²) in [6, 6.07) is 8.90. The van der Waals surface area contributed by atoms with E-state index < -0.39 is 17.9 Å². The van der Waals surface area contributed by atoms with Gasteiger partial charge >= 0.3 is 18.1 Å². The molecule has 0 saturated carbocycles. The first kappa shape index (κ1) is 25.2. The fourth-order valence-corrected chi connectivity index (χ4v) is 4.21. The molecule has 1 aliphatic rings. The minimum atomic E-state index is -5.10. The molecule has 0 spiro atoms. The number of amidine groups is 1. The van der Waals surface area contributed by atoms with Crippen LogP contribution in [0.2, 0.25) is 0 Å². The number of carbonyl (C=O) groups excluding carboxylic acids is 3. The van der Waals surface area contributed by atoms with Crippen LogP contribution in [-0.4, -0.2) is 53.9 Å². The van der Waals surface area contributed by atoms with Crippen LogP contribution >= 0.6 is 11.3 Å². The predicted molar refractivity (Wildman–Crippen MR) is 123 cm³/mol. The lowest BCUT2D eigenvalue weighted by atomic mass is 10.0. The van der Waals surface area contributed by atoms with Crippen molar-refractivity contribution < 1.29 is 27.6 Å². The van der Waals surface area contributed by atoms with Crippen molar-refractivity contribution in [2.24, 2.45) is 10.7 Å². The highest BCUT2D eigenvalue weighted by molar-refractivity contribution is 7.10. The maximum atomic E-state index is 12.8. The monoisotopic (exact) mass is 495 g/mol. The lowest BCUT2D eigenvalue weighted by Gasteiger charge is -2.35. The van der Waals surface area contributed by atoms with Gasteiger partial charge in [0.2, 0.25) is 5.91 Å². The number of nitrogens with zero attached hydrogens (tertiary/aromatic N) is 2. The van der Waals surface area contributed by atoms with Crippen molar-refractivity contribution in [3.63, 3.8) is 0 Å². The number of alkyl halides is 3. The number of aliphatic imine (C=N–C) groups is 1. The second kappa shape index (κ2) is 11.1. The molecule has 2 aromatic rings. The Hall–Kier alpha value is -3.41. The van der Waals surface area contributed by atoms with Crippen molar-refractivity contribution in [3.05, 3.63) is 52.2 Å². The van der Waals surface area contributed by atoms with E-state index in [4.69, 9.17) is 5.73 Å². The quantitative estimate of drug-likeness (QED) is 0.421. The Labute approximate surface area is 198 Å². The van der Waals surface area contributed by atoms with E-state index in [2.05, 4.69) is 15.6 Å². The molecule has 1 aromatic carbocycles. The molecular formula is C22H24F3N5O3S. The maximum absolute atomic E-state index is 12.8. The molecule has 3 rings (SSSR count). The van der Waals surface area contributed by atoms with Gasteiger partial charge in [-0.25, -0.2) is 4.79 Å². The van der Waals surface area contributed by atoms with Gasteiger partial charge in [0.05, 0.1) is 12.5 Å². The molecule has 1 atom stereocenters. The summed E-state index contributed by atoms with van der Waals surface area (Å²) in [6.45, 7) is 0.880.